The summed E-state index contributed by atoms with van der Waals surface area (Å²) in [5.74, 6) is 4.26. The number of rotatable bonds is 5. The van der Waals surface area contributed by atoms with Crippen LogP contribution in [0.4, 0.5) is 11.4 Å². The number of nitrogen functional groups attached to an aromatic ring is 1. The van der Waals surface area contributed by atoms with Gasteiger partial charge in [-0.1, -0.05) is 0 Å². The van der Waals surface area contributed by atoms with E-state index in [0.29, 0.717) is 17.8 Å². The van der Waals surface area contributed by atoms with Gasteiger partial charge in [0.15, 0.2) is 0 Å². The van der Waals surface area contributed by atoms with E-state index in [0.717, 1.165) is 5.56 Å². The van der Waals surface area contributed by atoms with Crippen LogP contribution in [0.3, 0.4) is 0 Å². The van der Waals surface area contributed by atoms with Crippen molar-refractivity contribution in [3.63, 3.8) is 0 Å². The molecule has 7 N–H and O–H groups in total. The molecule has 0 unspecified atom stereocenters. The summed E-state index contributed by atoms with van der Waals surface area (Å²) in [4.78, 5) is 11.4. The molecule has 0 bridgehead atoms. The number of fused-ring (bicyclic) bond motifs is 1. The van der Waals surface area contributed by atoms with Crippen LogP contribution in [0.25, 0.3) is 0 Å². The van der Waals surface area contributed by atoms with Crippen LogP contribution in [0.5, 0.6) is 5.75 Å². The molecule has 0 fully saturated rings. The molecule has 1 aliphatic heterocycles. The predicted octanol–water partition coefficient (Wildman–Crippen LogP) is -0.918. The van der Waals surface area contributed by atoms with Crippen molar-refractivity contribution in [2.75, 3.05) is 10.5 Å². The van der Waals surface area contributed by atoms with Gasteiger partial charge in [-0.25, -0.2) is 14.3 Å². The van der Waals surface area contributed by atoms with Gasteiger partial charge in [-0.3, -0.25) is 14.9 Å². The van der Waals surface area contributed by atoms with Gasteiger partial charge in [0.05, 0.1) is 23.6 Å². The van der Waals surface area contributed by atoms with Crippen LogP contribution >= 0.6 is 0 Å². The highest BCUT2D eigenvalue weighted by Gasteiger charge is 2.23. The van der Waals surface area contributed by atoms with Crippen molar-refractivity contribution in [2.24, 2.45) is 5.84 Å². The van der Waals surface area contributed by atoms with Crippen molar-refractivity contribution < 1.29 is 23.0 Å². The van der Waals surface area contributed by atoms with Gasteiger partial charge < -0.3 is 15.5 Å². The molecule has 0 aliphatic carbocycles. The Bertz CT molecular complexity index is 980. The number of hydrogen-bond acceptors (Lipinski definition) is 7. The largest absolute Gasteiger partial charge is 0.506 e. The molecule has 11 heteroatoms. The van der Waals surface area contributed by atoms with Crippen molar-refractivity contribution >= 4 is 40.3 Å². The number of hydrazine groups is 1. The molecule has 1 radical (unpaired) electrons. The SMILES string of the molecule is NNC(=O)Cc1cc(N)ccc1S(=O)(=O)Nc1cc2c(cc1O)CO[B]2. The van der Waals surface area contributed by atoms with Crippen LogP contribution < -0.4 is 27.2 Å². The first-order chi connectivity index (χ1) is 12.3. The van der Waals surface area contributed by atoms with Crippen molar-refractivity contribution in [3.8, 4) is 5.75 Å². The zero-order valence-electron chi connectivity index (χ0n) is 13.5. The van der Waals surface area contributed by atoms with Crippen LogP contribution in [0.15, 0.2) is 35.2 Å². The number of nitrogens with one attached hydrogen (secondary N) is 2. The summed E-state index contributed by atoms with van der Waals surface area (Å²) in [6, 6.07) is 6.98. The van der Waals surface area contributed by atoms with Crippen molar-refractivity contribution in [3.05, 3.63) is 41.5 Å². The zero-order chi connectivity index (χ0) is 18.9. The number of carbonyl (C=O) groups is 1. The summed E-state index contributed by atoms with van der Waals surface area (Å²) in [6.07, 6.45) is -0.268. The first kappa shape index (κ1) is 18.0. The second-order valence-electron chi connectivity index (χ2n) is 5.71. The fourth-order valence-electron chi connectivity index (χ4n) is 2.61. The van der Waals surface area contributed by atoms with E-state index in [4.69, 9.17) is 16.2 Å². The quantitative estimate of drug-likeness (QED) is 0.113. The van der Waals surface area contributed by atoms with Gasteiger partial charge in [0, 0.05) is 5.69 Å². The summed E-state index contributed by atoms with van der Waals surface area (Å²) in [5, 5.41) is 10.1. The number of sulfonamides is 1. The molecule has 0 aromatic heterocycles. The number of carbonyl (C=O) groups excluding carboxylic acids is 1. The predicted molar refractivity (Wildman–Crippen MR) is 96.0 cm³/mol. The molecule has 2 aromatic carbocycles. The number of phenolic OH excluding ortho intramolecular Hbond substituents is 1. The fourth-order valence-corrected chi connectivity index (χ4v) is 3.90. The van der Waals surface area contributed by atoms with Crippen LogP contribution in [-0.4, -0.2) is 26.9 Å². The maximum Gasteiger partial charge on any atom is 0.330 e. The second kappa shape index (κ2) is 6.86. The number of amides is 1. The van der Waals surface area contributed by atoms with E-state index in [1.807, 2.05) is 5.43 Å². The zero-order valence-corrected chi connectivity index (χ0v) is 14.3. The molecule has 2 aromatic rings. The Morgan fingerprint density at radius 2 is 2.08 bits per heavy atom. The van der Waals surface area contributed by atoms with E-state index in [1.54, 1.807) is 0 Å². The lowest BCUT2D eigenvalue weighted by Crippen LogP contribution is -2.32. The van der Waals surface area contributed by atoms with E-state index in [2.05, 4.69) is 4.72 Å². The summed E-state index contributed by atoms with van der Waals surface area (Å²) in [6.45, 7) is 0.312. The highest BCUT2D eigenvalue weighted by Crippen LogP contribution is 2.29. The lowest BCUT2D eigenvalue weighted by molar-refractivity contribution is -0.120. The van der Waals surface area contributed by atoms with Crippen molar-refractivity contribution in [1.82, 2.24) is 5.43 Å². The van der Waals surface area contributed by atoms with E-state index >= 15 is 0 Å². The van der Waals surface area contributed by atoms with E-state index < -0.39 is 15.9 Å². The lowest BCUT2D eigenvalue weighted by atomic mass is 9.87. The topological polar surface area (TPSA) is 157 Å². The number of benzene rings is 2. The third-order valence-electron chi connectivity index (χ3n) is 3.84. The highest BCUT2D eigenvalue weighted by molar-refractivity contribution is 7.92. The van der Waals surface area contributed by atoms with Crippen LogP contribution in [0, 0.1) is 0 Å². The Morgan fingerprint density at radius 3 is 2.81 bits per heavy atom. The Hall–Kier alpha value is -2.76. The minimum Gasteiger partial charge on any atom is -0.506 e. The second-order valence-corrected chi connectivity index (χ2v) is 7.36. The maximum atomic E-state index is 12.8. The number of aromatic hydroxyl groups is 1. The fraction of sp³-hybridized carbons (Fsp3) is 0.133. The van der Waals surface area contributed by atoms with Gasteiger partial charge in [0.1, 0.15) is 5.75 Å². The van der Waals surface area contributed by atoms with Crippen LogP contribution in [0.1, 0.15) is 11.1 Å². The first-order valence-corrected chi connectivity index (χ1v) is 9.00. The molecule has 1 heterocycles. The van der Waals surface area contributed by atoms with E-state index in [1.165, 1.54) is 37.8 Å². The molecule has 1 aliphatic rings. The Balaban J connectivity index is 1.98. The van der Waals surface area contributed by atoms with Crippen molar-refractivity contribution in [2.45, 2.75) is 17.9 Å². The summed E-state index contributed by atoms with van der Waals surface area (Å²) >= 11 is 0. The monoisotopic (exact) mass is 375 g/mol. The number of anilines is 2. The third kappa shape index (κ3) is 3.59. The molecule has 1 amide bonds. The van der Waals surface area contributed by atoms with Gasteiger partial charge in [-0.05, 0) is 46.9 Å². The van der Waals surface area contributed by atoms with Crippen LogP contribution in [-0.2, 0) is 32.5 Å². The van der Waals surface area contributed by atoms with Gasteiger partial charge in [0.25, 0.3) is 10.0 Å². The molecule has 0 saturated heterocycles. The van der Waals surface area contributed by atoms with Gasteiger partial charge in [-0.15, -0.1) is 0 Å². The molecular formula is C15H16BN4O5S. The normalized spacial score (nSPS) is 13.0. The molecule has 26 heavy (non-hydrogen) atoms. The lowest BCUT2D eigenvalue weighted by Gasteiger charge is -2.14. The average molecular weight is 375 g/mol. The van der Waals surface area contributed by atoms with Gasteiger partial charge in [0.2, 0.25) is 5.91 Å². The summed E-state index contributed by atoms with van der Waals surface area (Å²) in [5.41, 5.74) is 9.53. The summed E-state index contributed by atoms with van der Waals surface area (Å²) in [7, 11) is -2.62. The van der Waals surface area contributed by atoms with Crippen LogP contribution in [0.2, 0.25) is 0 Å². The average Bonchev–Trinajstić information content (AvgIpc) is 3.01. The minimum absolute atomic E-state index is 0.00319. The van der Waals surface area contributed by atoms with E-state index in [-0.39, 0.29) is 28.3 Å². The Kier molecular flexibility index (Phi) is 4.76. The number of hydrogen-bond donors (Lipinski definition) is 5. The van der Waals surface area contributed by atoms with Gasteiger partial charge >= 0.3 is 7.48 Å². The smallest absolute Gasteiger partial charge is 0.330 e. The third-order valence-corrected chi connectivity index (χ3v) is 5.30. The molecule has 0 saturated carbocycles. The van der Waals surface area contributed by atoms with Crippen molar-refractivity contribution in [1.29, 1.82) is 0 Å². The maximum absolute atomic E-state index is 12.8. The molecule has 0 atom stereocenters. The number of nitrogens with two attached hydrogens (primary N) is 2. The van der Waals surface area contributed by atoms with Gasteiger partial charge in [-0.2, -0.15) is 0 Å². The molecular weight excluding hydrogens is 359 g/mol. The highest BCUT2D eigenvalue weighted by atomic mass is 32.2. The first-order valence-electron chi connectivity index (χ1n) is 7.51. The molecule has 3 rings (SSSR count). The Labute approximate surface area is 150 Å². The molecule has 9 nitrogen and oxygen atoms in total. The summed E-state index contributed by atoms with van der Waals surface area (Å²) < 4.78 is 33.0. The standard InChI is InChI=1S/C15H16BN4O5S/c17-10-1-2-14(8(3-10)5-15(22)19-18)26(23,24)20-12-6-11-9(4-13(12)21)7-25-16-11/h1-4,6,20-21H,5,7,17-18H2,(H,19,22). The minimum atomic E-state index is -4.10. The molecule has 0 spiro atoms. The van der Waals surface area contributed by atoms with E-state index in [9.17, 15) is 18.3 Å². The molecule has 135 valence electrons. The Morgan fingerprint density at radius 1 is 1.31 bits per heavy atom. The number of phenols is 1.